The van der Waals surface area contributed by atoms with E-state index in [1.807, 2.05) is 50.2 Å². The number of rotatable bonds is 8. The molecule has 1 heterocycles. The summed E-state index contributed by atoms with van der Waals surface area (Å²) in [5, 5.41) is 8.94. The number of carbonyl (C=O) groups excluding carboxylic acids is 2. The zero-order chi connectivity index (χ0) is 24.8. The maximum atomic E-state index is 13.3. The van der Waals surface area contributed by atoms with Crippen molar-refractivity contribution >= 4 is 17.6 Å². The van der Waals surface area contributed by atoms with Gasteiger partial charge in [-0.25, -0.2) is 9.80 Å². The Morgan fingerprint density at radius 2 is 1.71 bits per heavy atom. The largest absolute Gasteiger partial charge is 0.497 e. The summed E-state index contributed by atoms with van der Waals surface area (Å²) in [6.07, 6.45) is 0.489. The van der Waals surface area contributed by atoms with Gasteiger partial charge >= 0.3 is 6.03 Å². The van der Waals surface area contributed by atoms with Crippen molar-refractivity contribution in [3.05, 3.63) is 53.6 Å². The first kappa shape index (κ1) is 24.9. The zero-order valence-electron chi connectivity index (χ0n) is 20.5. The van der Waals surface area contributed by atoms with Gasteiger partial charge in [0.25, 0.3) is 5.91 Å². The van der Waals surface area contributed by atoms with Gasteiger partial charge in [0.2, 0.25) is 0 Å². The van der Waals surface area contributed by atoms with Gasteiger partial charge in [0.15, 0.2) is 0 Å². The monoisotopic (exact) mass is 468 g/mol. The molecule has 0 spiro atoms. The van der Waals surface area contributed by atoms with Crippen LogP contribution in [0.2, 0.25) is 0 Å². The minimum absolute atomic E-state index is 0.0314. The normalized spacial score (nSPS) is 15.1. The number of methoxy groups -OCH3 is 3. The second-order valence-electron chi connectivity index (χ2n) is 8.30. The highest BCUT2D eigenvalue weighted by Gasteiger charge is 2.35. The lowest BCUT2D eigenvalue weighted by Crippen LogP contribution is -2.45. The highest BCUT2D eigenvalue weighted by atomic mass is 16.5. The van der Waals surface area contributed by atoms with Crippen LogP contribution in [0.1, 0.15) is 37.4 Å². The van der Waals surface area contributed by atoms with Crippen LogP contribution in [0.15, 0.2) is 47.6 Å². The smallest absolute Gasteiger partial charge is 0.317 e. The number of nitrogens with zero attached hydrogens (tertiary/aromatic N) is 3. The molecular weight excluding hydrogens is 436 g/mol. The van der Waals surface area contributed by atoms with E-state index in [0.717, 1.165) is 16.9 Å². The maximum absolute atomic E-state index is 13.3. The third-order valence-electron chi connectivity index (χ3n) is 5.52. The molecule has 0 aromatic heterocycles. The Kier molecular flexibility index (Phi) is 7.99. The molecule has 0 unspecified atom stereocenters. The lowest BCUT2D eigenvalue weighted by molar-refractivity contribution is -0.133. The van der Waals surface area contributed by atoms with Crippen molar-refractivity contribution in [1.82, 2.24) is 15.2 Å². The van der Waals surface area contributed by atoms with Gasteiger partial charge in [-0.1, -0.05) is 12.1 Å². The lowest BCUT2D eigenvalue weighted by Gasteiger charge is -2.25. The Labute approximate surface area is 200 Å². The number of hydrazone groups is 1. The van der Waals surface area contributed by atoms with E-state index in [1.54, 1.807) is 34.4 Å². The molecular formula is C25H32N4O5. The van der Waals surface area contributed by atoms with E-state index < -0.39 is 0 Å². The summed E-state index contributed by atoms with van der Waals surface area (Å²) in [6.45, 7) is 3.63. The Morgan fingerprint density at radius 1 is 1.06 bits per heavy atom. The number of amides is 3. The molecule has 182 valence electrons. The summed E-state index contributed by atoms with van der Waals surface area (Å²) >= 11 is 0. The minimum Gasteiger partial charge on any atom is -0.497 e. The quantitative estimate of drug-likeness (QED) is 0.641. The molecule has 1 aliphatic heterocycles. The van der Waals surface area contributed by atoms with E-state index in [-0.39, 0.29) is 30.6 Å². The average Bonchev–Trinajstić information content (AvgIpc) is 3.28. The minimum atomic E-state index is -0.332. The molecule has 0 aliphatic carbocycles. The summed E-state index contributed by atoms with van der Waals surface area (Å²) in [5.74, 6) is 1.71. The standard InChI is InChI=1S/C25H32N4O5/c1-16(2)26-25(31)28(3)15-24(30)29-22(17-7-9-18(32-4)10-8-17)14-21(27-29)20-12-11-19(33-5)13-23(20)34-6/h7-13,16,22H,14-15H2,1-6H3,(H,26,31)/t22-/m0/s1. The Balaban J connectivity index is 1.93. The van der Waals surface area contributed by atoms with E-state index in [4.69, 9.17) is 14.2 Å². The van der Waals surface area contributed by atoms with Crippen LogP contribution in [-0.4, -0.2) is 68.5 Å². The molecule has 2 aromatic carbocycles. The third kappa shape index (κ3) is 5.59. The van der Waals surface area contributed by atoms with Crippen LogP contribution in [0.25, 0.3) is 0 Å². The molecule has 9 heteroatoms. The van der Waals surface area contributed by atoms with Crippen molar-refractivity contribution in [2.75, 3.05) is 34.9 Å². The molecule has 0 saturated heterocycles. The first-order valence-electron chi connectivity index (χ1n) is 11.0. The fraction of sp³-hybridized carbons (Fsp3) is 0.400. The zero-order valence-corrected chi connectivity index (χ0v) is 20.5. The highest BCUT2D eigenvalue weighted by Crippen LogP contribution is 2.36. The predicted molar refractivity (Wildman–Crippen MR) is 130 cm³/mol. The molecule has 0 radical (unpaired) electrons. The van der Waals surface area contributed by atoms with Gasteiger partial charge in [-0.05, 0) is 43.7 Å². The topological polar surface area (TPSA) is 92.7 Å². The predicted octanol–water partition coefficient (Wildman–Crippen LogP) is 3.44. The number of hydrogen-bond acceptors (Lipinski definition) is 6. The average molecular weight is 469 g/mol. The molecule has 3 amide bonds. The highest BCUT2D eigenvalue weighted by molar-refractivity contribution is 6.05. The lowest BCUT2D eigenvalue weighted by atomic mass is 9.97. The van der Waals surface area contributed by atoms with Crippen LogP contribution in [0.4, 0.5) is 4.79 Å². The van der Waals surface area contributed by atoms with E-state index in [1.165, 1.54) is 9.91 Å². The molecule has 0 saturated carbocycles. The summed E-state index contributed by atoms with van der Waals surface area (Å²) in [7, 11) is 6.37. The van der Waals surface area contributed by atoms with Crippen LogP contribution < -0.4 is 19.5 Å². The molecule has 9 nitrogen and oxygen atoms in total. The number of likely N-dealkylation sites (N-methyl/N-ethyl adjacent to an activating group) is 1. The SMILES string of the molecule is COc1ccc([C@@H]2CC(c3ccc(OC)cc3OC)=NN2C(=O)CN(C)C(=O)NC(C)C)cc1. The number of ether oxygens (including phenoxy) is 3. The fourth-order valence-electron chi connectivity index (χ4n) is 3.73. The summed E-state index contributed by atoms with van der Waals surface area (Å²) in [4.78, 5) is 27.0. The van der Waals surface area contributed by atoms with Crippen LogP contribution in [0, 0.1) is 0 Å². The molecule has 2 aromatic rings. The first-order chi connectivity index (χ1) is 16.3. The van der Waals surface area contributed by atoms with Gasteiger partial charge in [-0.3, -0.25) is 4.79 Å². The van der Waals surface area contributed by atoms with Gasteiger partial charge in [-0.15, -0.1) is 0 Å². The van der Waals surface area contributed by atoms with E-state index >= 15 is 0 Å². The Bertz CT molecular complexity index is 1050. The van der Waals surface area contributed by atoms with Gasteiger partial charge in [0, 0.05) is 31.1 Å². The van der Waals surface area contributed by atoms with Crippen LogP contribution >= 0.6 is 0 Å². The van der Waals surface area contributed by atoms with E-state index in [0.29, 0.717) is 23.6 Å². The third-order valence-corrected chi connectivity index (χ3v) is 5.52. The molecule has 1 atom stereocenters. The van der Waals surface area contributed by atoms with Crippen molar-refractivity contribution in [3.8, 4) is 17.2 Å². The number of carbonyl (C=O) groups is 2. The van der Waals surface area contributed by atoms with Crippen LogP contribution in [0.5, 0.6) is 17.2 Å². The Morgan fingerprint density at radius 3 is 2.29 bits per heavy atom. The van der Waals surface area contributed by atoms with Crippen LogP contribution in [0.3, 0.4) is 0 Å². The molecule has 1 N–H and O–H groups in total. The molecule has 3 rings (SSSR count). The number of urea groups is 1. The van der Waals surface area contributed by atoms with Crippen molar-refractivity contribution in [3.63, 3.8) is 0 Å². The van der Waals surface area contributed by atoms with Crippen molar-refractivity contribution in [2.24, 2.45) is 5.10 Å². The second-order valence-corrected chi connectivity index (χ2v) is 8.30. The molecule has 34 heavy (non-hydrogen) atoms. The number of nitrogens with one attached hydrogen (secondary N) is 1. The summed E-state index contributed by atoms with van der Waals surface area (Å²) in [6, 6.07) is 12.4. The first-order valence-corrected chi connectivity index (χ1v) is 11.0. The fourth-order valence-corrected chi connectivity index (χ4v) is 3.73. The van der Waals surface area contributed by atoms with Gasteiger partial charge in [-0.2, -0.15) is 5.10 Å². The van der Waals surface area contributed by atoms with Gasteiger partial charge < -0.3 is 24.4 Å². The van der Waals surface area contributed by atoms with Crippen molar-refractivity contribution in [1.29, 1.82) is 0 Å². The summed E-state index contributed by atoms with van der Waals surface area (Å²) < 4.78 is 16.1. The molecule has 0 bridgehead atoms. The number of hydrogen-bond donors (Lipinski definition) is 1. The second kappa shape index (κ2) is 10.9. The summed E-state index contributed by atoms with van der Waals surface area (Å²) in [5.41, 5.74) is 2.40. The number of benzene rings is 2. The molecule has 1 aliphatic rings. The Hall–Kier alpha value is -3.75. The van der Waals surface area contributed by atoms with Gasteiger partial charge in [0.05, 0.1) is 33.1 Å². The van der Waals surface area contributed by atoms with Gasteiger partial charge in [0.1, 0.15) is 23.8 Å². The van der Waals surface area contributed by atoms with E-state index in [2.05, 4.69) is 10.4 Å². The van der Waals surface area contributed by atoms with E-state index in [9.17, 15) is 9.59 Å². The van der Waals surface area contributed by atoms with Crippen LogP contribution in [-0.2, 0) is 4.79 Å². The maximum Gasteiger partial charge on any atom is 0.317 e. The molecule has 0 fully saturated rings. The van der Waals surface area contributed by atoms with Crippen molar-refractivity contribution in [2.45, 2.75) is 32.4 Å². The van der Waals surface area contributed by atoms with Crippen molar-refractivity contribution < 1.29 is 23.8 Å².